The van der Waals surface area contributed by atoms with Crippen LogP contribution in [0.1, 0.15) is 42.7 Å². The predicted molar refractivity (Wildman–Crippen MR) is 214 cm³/mol. The van der Waals surface area contributed by atoms with Crippen LogP contribution in [0.3, 0.4) is 0 Å². The normalized spacial score (nSPS) is 14.0. The maximum absolute atomic E-state index is 6.48. The Bertz CT molecular complexity index is 2650. The van der Waals surface area contributed by atoms with Crippen LogP contribution in [0.25, 0.3) is 61.2 Å². The van der Waals surface area contributed by atoms with Crippen LogP contribution in [0, 0.1) is 0 Å². The molecule has 8 aromatic rings. The fourth-order valence-corrected chi connectivity index (χ4v) is 8.54. The summed E-state index contributed by atoms with van der Waals surface area (Å²) in [6.45, 7) is 4.71. The minimum atomic E-state index is -0.0937. The fraction of sp³-hybridized carbons (Fsp3) is 0.102. The molecule has 2 aliphatic rings. The number of benzene rings is 7. The number of nitrogens with zero attached hydrogens (tertiary/aromatic N) is 1. The average molecular weight is 656 g/mol. The zero-order valence-corrected chi connectivity index (χ0v) is 28.9. The molecule has 7 aromatic carbocycles. The van der Waals surface area contributed by atoms with E-state index < -0.39 is 0 Å². The highest BCUT2D eigenvalue weighted by Crippen LogP contribution is 2.51. The average Bonchev–Trinajstić information content (AvgIpc) is 3.66. The first kappa shape index (κ1) is 29.8. The molecule has 0 spiro atoms. The Hall–Kier alpha value is -6.12. The van der Waals surface area contributed by atoms with Crippen molar-refractivity contribution < 1.29 is 4.42 Å². The Balaban J connectivity index is 1.14. The van der Waals surface area contributed by atoms with Crippen molar-refractivity contribution >= 4 is 44.9 Å². The van der Waals surface area contributed by atoms with Crippen molar-refractivity contribution in [1.82, 2.24) is 0 Å². The summed E-state index contributed by atoms with van der Waals surface area (Å²) >= 11 is 0. The van der Waals surface area contributed by atoms with Crippen molar-refractivity contribution in [2.45, 2.75) is 32.1 Å². The SMILES string of the molecule is CC1(C)c2ccccc2-c2ccc(N(c3ccc(-c4cc5oc6c(c5cc4-c4ccccc4)C=CCC6)cc3)c3cccc4ccccc34)cc21. The van der Waals surface area contributed by atoms with E-state index in [0.717, 1.165) is 46.8 Å². The van der Waals surface area contributed by atoms with Crippen molar-refractivity contribution in [1.29, 1.82) is 0 Å². The van der Waals surface area contributed by atoms with Gasteiger partial charge < -0.3 is 9.32 Å². The first-order valence-corrected chi connectivity index (χ1v) is 18.0. The monoisotopic (exact) mass is 655 g/mol. The van der Waals surface area contributed by atoms with Crippen LogP contribution in [-0.4, -0.2) is 0 Å². The lowest BCUT2D eigenvalue weighted by molar-refractivity contribution is 0.546. The number of fused-ring (bicyclic) bond motifs is 7. The summed E-state index contributed by atoms with van der Waals surface area (Å²) in [5.74, 6) is 1.09. The van der Waals surface area contributed by atoms with E-state index in [1.165, 1.54) is 60.7 Å². The zero-order chi connectivity index (χ0) is 34.1. The number of hydrogen-bond acceptors (Lipinski definition) is 2. The van der Waals surface area contributed by atoms with Gasteiger partial charge in [-0.15, -0.1) is 0 Å². The van der Waals surface area contributed by atoms with Gasteiger partial charge in [-0.3, -0.25) is 0 Å². The molecule has 0 amide bonds. The molecule has 0 N–H and O–H groups in total. The van der Waals surface area contributed by atoms with Crippen molar-refractivity contribution in [3.05, 3.63) is 180 Å². The summed E-state index contributed by atoms with van der Waals surface area (Å²) in [5.41, 5.74) is 15.7. The molecule has 0 radical (unpaired) electrons. The van der Waals surface area contributed by atoms with E-state index >= 15 is 0 Å². The molecule has 0 saturated heterocycles. The Morgan fingerprint density at radius 2 is 1.25 bits per heavy atom. The third-order valence-electron chi connectivity index (χ3n) is 11.1. The Morgan fingerprint density at radius 1 is 0.549 bits per heavy atom. The van der Waals surface area contributed by atoms with Crippen LogP contribution in [0.2, 0.25) is 0 Å². The first-order valence-electron chi connectivity index (χ1n) is 18.0. The lowest BCUT2D eigenvalue weighted by atomic mass is 9.82. The van der Waals surface area contributed by atoms with Gasteiger partial charge in [-0.25, -0.2) is 0 Å². The second-order valence-corrected chi connectivity index (χ2v) is 14.4. The zero-order valence-electron chi connectivity index (χ0n) is 28.9. The first-order chi connectivity index (χ1) is 25.0. The number of furan rings is 1. The number of allylic oxidation sites excluding steroid dienone is 1. The molecule has 2 aliphatic carbocycles. The standard InChI is InChI=1S/C49H37NO/c1-49(2)44-20-10-8-18-38(44)39-28-27-36(29-45(39)49)50(46-21-12-16-32-15-6-7-17-37(32)46)35-25-23-34(24-26-35)42-31-48-43(40-19-9-11-22-47(40)51-48)30-41(42)33-13-4-3-5-14-33/h3-10,12-21,23-31H,11,22H2,1-2H3. The predicted octanol–water partition coefficient (Wildman–Crippen LogP) is 13.7. The summed E-state index contributed by atoms with van der Waals surface area (Å²) in [7, 11) is 0. The number of anilines is 3. The third kappa shape index (κ3) is 4.71. The maximum atomic E-state index is 6.48. The van der Waals surface area contributed by atoms with E-state index in [-0.39, 0.29) is 5.41 Å². The summed E-state index contributed by atoms with van der Waals surface area (Å²) in [5, 5.41) is 3.63. The van der Waals surface area contributed by atoms with Crippen LogP contribution in [0.4, 0.5) is 17.1 Å². The lowest BCUT2D eigenvalue weighted by Crippen LogP contribution is -2.16. The van der Waals surface area contributed by atoms with Gasteiger partial charge in [0, 0.05) is 39.5 Å². The molecule has 2 nitrogen and oxygen atoms in total. The van der Waals surface area contributed by atoms with Gasteiger partial charge in [0.15, 0.2) is 0 Å². The fourth-order valence-electron chi connectivity index (χ4n) is 8.54. The van der Waals surface area contributed by atoms with E-state index in [1.54, 1.807) is 0 Å². The second-order valence-electron chi connectivity index (χ2n) is 14.4. The molecule has 0 saturated carbocycles. The smallest absolute Gasteiger partial charge is 0.135 e. The van der Waals surface area contributed by atoms with Crippen LogP contribution in [0.15, 0.2) is 162 Å². The number of aryl methyl sites for hydroxylation is 1. The second kappa shape index (κ2) is 11.5. The molecule has 51 heavy (non-hydrogen) atoms. The molecular formula is C49H37NO. The molecule has 10 rings (SSSR count). The Kier molecular flexibility index (Phi) is 6.69. The Morgan fingerprint density at radius 3 is 2.14 bits per heavy atom. The van der Waals surface area contributed by atoms with E-state index in [2.05, 4.69) is 183 Å². The highest BCUT2D eigenvalue weighted by molar-refractivity contribution is 6.01. The molecule has 1 aromatic heterocycles. The van der Waals surface area contributed by atoms with E-state index in [1.807, 2.05) is 0 Å². The third-order valence-corrected chi connectivity index (χ3v) is 11.1. The molecule has 0 bridgehead atoms. The van der Waals surface area contributed by atoms with Crippen molar-refractivity contribution in [2.24, 2.45) is 0 Å². The van der Waals surface area contributed by atoms with Gasteiger partial charge in [-0.05, 0) is 98.8 Å². The molecule has 0 unspecified atom stereocenters. The van der Waals surface area contributed by atoms with Gasteiger partial charge >= 0.3 is 0 Å². The summed E-state index contributed by atoms with van der Waals surface area (Å²) < 4.78 is 6.48. The molecule has 0 atom stereocenters. The summed E-state index contributed by atoms with van der Waals surface area (Å²) in [6.07, 6.45) is 6.46. The maximum Gasteiger partial charge on any atom is 0.135 e. The highest BCUT2D eigenvalue weighted by atomic mass is 16.3. The quantitative estimate of drug-likeness (QED) is 0.183. The molecular weight excluding hydrogens is 619 g/mol. The van der Waals surface area contributed by atoms with Gasteiger partial charge in [0.2, 0.25) is 0 Å². The van der Waals surface area contributed by atoms with Gasteiger partial charge in [-0.2, -0.15) is 0 Å². The van der Waals surface area contributed by atoms with E-state index in [0.29, 0.717) is 0 Å². The van der Waals surface area contributed by atoms with E-state index in [9.17, 15) is 0 Å². The minimum absolute atomic E-state index is 0.0937. The molecule has 1 heterocycles. The minimum Gasteiger partial charge on any atom is -0.460 e. The number of rotatable bonds is 5. The van der Waals surface area contributed by atoms with Crippen LogP contribution in [-0.2, 0) is 11.8 Å². The van der Waals surface area contributed by atoms with Crippen LogP contribution in [0.5, 0.6) is 0 Å². The van der Waals surface area contributed by atoms with Gasteiger partial charge in [0.25, 0.3) is 0 Å². The van der Waals surface area contributed by atoms with Gasteiger partial charge in [-0.1, -0.05) is 135 Å². The Labute approximate surface area is 298 Å². The largest absolute Gasteiger partial charge is 0.460 e. The summed E-state index contributed by atoms with van der Waals surface area (Å²) in [6, 6.07) is 55.6. The molecule has 2 heteroatoms. The topological polar surface area (TPSA) is 16.4 Å². The van der Waals surface area contributed by atoms with E-state index in [4.69, 9.17) is 4.42 Å². The van der Waals surface area contributed by atoms with Crippen molar-refractivity contribution in [3.8, 4) is 33.4 Å². The van der Waals surface area contributed by atoms with Crippen molar-refractivity contribution in [2.75, 3.05) is 4.90 Å². The number of hydrogen-bond donors (Lipinski definition) is 0. The molecule has 0 aliphatic heterocycles. The van der Waals surface area contributed by atoms with Crippen LogP contribution >= 0.6 is 0 Å². The molecule has 244 valence electrons. The lowest BCUT2D eigenvalue weighted by Gasteiger charge is -2.29. The highest BCUT2D eigenvalue weighted by Gasteiger charge is 2.35. The van der Waals surface area contributed by atoms with Crippen molar-refractivity contribution in [3.63, 3.8) is 0 Å². The van der Waals surface area contributed by atoms with Gasteiger partial charge in [0.1, 0.15) is 11.3 Å². The van der Waals surface area contributed by atoms with Crippen LogP contribution < -0.4 is 4.90 Å². The van der Waals surface area contributed by atoms with Gasteiger partial charge in [0.05, 0.1) is 5.69 Å². The molecule has 0 fully saturated rings. The summed E-state index contributed by atoms with van der Waals surface area (Å²) in [4.78, 5) is 2.43.